The Labute approximate surface area is 80.9 Å². The predicted molar refractivity (Wildman–Crippen MR) is 54.7 cm³/mol. The highest BCUT2D eigenvalue weighted by atomic mass is 16.5. The monoisotopic (exact) mass is 187 g/mol. The first-order valence-corrected chi connectivity index (χ1v) is 4.63. The maximum atomic E-state index is 5.46. The van der Waals surface area contributed by atoms with Gasteiger partial charge in [-0.05, 0) is 20.8 Å². The molecular formula is C10H21NO2. The van der Waals surface area contributed by atoms with Crippen LogP contribution in [-0.4, -0.2) is 32.0 Å². The Balaban J connectivity index is 3.13. The molecule has 0 aliphatic heterocycles. The van der Waals surface area contributed by atoms with E-state index in [2.05, 4.69) is 0 Å². The van der Waals surface area contributed by atoms with Crippen molar-refractivity contribution in [1.29, 1.82) is 0 Å². The fourth-order valence-electron chi connectivity index (χ4n) is 0.722. The van der Waals surface area contributed by atoms with Crippen LogP contribution in [0.4, 0.5) is 0 Å². The largest absolute Gasteiger partial charge is 0.375 e. The van der Waals surface area contributed by atoms with E-state index in [0.29, 0.717) is 26.4 Å². The highest BCUT2D eigenvalue weighted by Gasteiger charge is 2.08. The molecule has 0 aliphatic carbocycles. The summed E-state index contributed by atoms with van der Waals surface area (Å²) in [5.74, 6) is 0. The van der Waals surface area contributed by atoms with Gasteiger partial charge in [-0.1, -0.05) is 12.2 Å². The smallest absolute Gasteiger partial charge is 0.0707 e. The van der Waals surface area contributed by atoms with Gasteiger partial charge in [0.15, 0.2) is 0 Å². The van der Waals surface area contributed by atoms with Crippen molar-refractivity contribution in [2.45, 2.75) is 26.4 Å². The molecule has 0 aromatic carbocycles. The Morgan fingerprint density at radius 3 is 2.38 bits per heavy atom. The SMILES string of the molecule is CC(C)(C)OCCOC/C=C/CN. The number of ether oxygens (including phenoxy) is 2. The molecule has 0 unspecified atom stereocenters. The van der Waals surface area contributed by atoms with E-state index in [4.69, 9.17) is 15.2 Å². The van der Waals surface area contributed by atoms with E-state index < -0.39 is 0 Å². The molecule has 0 fully saturated rings. The number of hydrogen-bond acceptors (Lipinski definition) is 3. The third-order valence-corrected chi connectivity index (χ3v) is 1.28. The van der Waals surface area contributed by atoms with Gasteiger partial charge in [0.2, 0.25) is 0 Å². The van der Waals surface area contributed by atoms with Crippen LogP contribution in [0.25, 0.3) is 0 Å². The van der Waals surface area contributed by atoms with Gasteiger partial charge in [-0.25, -0.2) is 0 Å². The van der Waals surface area contributed by atoms with Crippen LogP contribution in [0.5, 0.6) is 0 Å². The molecule has 0 saturated heterocycles. The van der Waals surface area contributed by atoms with E-state index in [1.165, 1.54) is 0 Å². The molecule has 0 radical (unpaired) electrons. The molecule has 0 aromatic heterocycles. The lowest BCUT2D eigenvalue weighted by Gasteiger charge is -2.19. The zero-order chi connectivity index (χ0) is 10.2. The van der Waals surface area contributed by atoms with Crippen molar-refractivity contribution in [2.24, 2.45) is 5.73 Å². The molecule has 0 heterocycles. The van der Waals surface area contributed by atoms with Gasteiger partial charge in [0.25, 0.3) is 0 Å². The van der Waals surface area contributed by atoms with Crippen LogP contribution in [0.1, 0.15) is 20.8 Å². The second-order valence-corrected chi connectivity index (χ2v) is 3.74. The zero-order valence-electron chi connectivity index (χ0n) is 8.88. The number of rotatable bonds is 6. The van der Waals surface area contributed by atoms with Gasteiger partial charge in [-0.2, -0.15) is 0 Å². The van der Waals surface area contributed by atoms with Crippen molar-refractivity contribution in [1.82, 2.24) is 0 Å². The summed E-state index contributed by atoms with van der Waals surface area (Å²) < 4.78 is 10.7. The fraction of sp³-hybridized carbons (Fsp3) is 0.800. The van der Waals surface area contributed by atoms with E-state index >= 15 is 0 Å². The first-order valence-electron chi connectivity index (χ1n) is 4.63. The van der Waals surface area contributed by atoms with Gasteiger partial charge < -0.3 is 15.2 Å². The normalized spacial score (nSPS) is 12.6. The van der Waals surface area contributed by atoms with E-state index in [-0.39, 0.29) is 5.60 Å². The topological polar surface area (TPSA) is 44.5 Å². The molecule has 0 aromatic rings. The molecule has 0 saturated carbocycles. The van der Waals surface area contributed by atoms with Crippen LogP contribution in [-0.2, 0) is 9.47 Å². The second-order valence-electron chi connectivity index (χ2n) is 3.74. The second kappa shape index (κ2) is 7.06. The summed E-state index contributed by atoms with van der Waals surface area (Å²) in [6.07, 6.45) is 3.79. The van der Waals surface area contributed by atoms with E-state index in [0.717, 1.165) is 0 Å². The molecular weight excluding hydrogens is 166 g/mol. The minimum atomic E-state index is -0.0730. The highest BCUT2D eigenvalue weighted by molar-refractivity contribution is 4.81. The van der Waals surface area contributed by atoms with Crippen molar-refractivity contribution >= 4 is 0 Å². The first-order chi connectivity index (χ1) is 6.06. The quantitative estimate of drug-likeness (QED) is 0.504. The molecule has 0 amide bonds. The maximum absolute atomic E-state index is 5.46. The van der Waals surface area contributed by atoms with Crippen LogP contribution >= 0.6 is 0 Å². The van der Waals surface area contributed by atoms with Crippen molar-refractivity contribution < 1.29 is 9.47 Å². The summed E-state index contributed by atoms with van der Waals surface area (Å²) in [6.45, 7) is 8.54. The van der Waals surface area contributed by atoms with Crippen molar-refractivity contribution in [3.8, 4) is 0 Å². The Morgan fingerprint density at radius 1 is 1.15 bits per heavy atom. The standard InChI is InChI=1S/C10H21NO2/c1-10(2,3)13-9-8-12-7-5-4-6-11/h4-5H,6-9,11H2,1-3H3/b5-4+. The lowest BCUT2D eigenvalue weighted by Crippen LogP contribution is -2.21. The average Bonchev–Trinajstić information content (AvgIpc) is 2.01. The van der Waals surface area contributed by atoms with Gasteiger partial charge >= 0.3 is 0 Å². The van der Waals surface area contributed by atoms with Crippen molar-refractivity contribution in [3.05, 3.63) is 12.2 Å². The predicted octanol–water partition coefficient (Wildman–Crippen LogP) is 1.33. The molecule has 0 bridgehead atoms. The Morgan fingerprint density at radius 2 is 1.85 bits per heavy atom. The summed E-state index contributed by atoms with van der Waals surface area (Å²) in [5.41, 5.74) is 5.19. The lowest BCUT2D eigenvalue weighted by atomic mass is 10.2. The van der Waals surface area contributed by atoms with Crippen LogP contribution < -0.4 is 5.73 Å². The Bertz CT molecular complexity index is 138. The Kier molecular flexibility index (Phi) is 6.86. The van der Waals surface area contributed by atoms with Crippen LogP contribution in [0.3, 0.4) is 0 Å². The molecule has 0 spiro atoms. The molecule has 2 N–H and O–H groups in total. The molecule has 78 valence electrons. The molecule has 13 heavy (non-hydrogen) atoms. The Hall–Kier alpha value is -0.380. The summed E-state index contributed by atoms with van der Waals surface area (Å²) in [4.78, 5) is 0. The van der Waals surface area contributed by atoms with E-state index in [1.807, 2.05) is 32.9 Å². The van der Waals surface area contributed by atoms with E-state index in [1.54, 1.807) is 0 Å². The molecule has 3 heteroatoms. The van der Waals surface area contributed by atoms with Gasteiger partial charge in [-0.15, -0.1) is 0 Å². The first kappa shape index (κ1) is 12.6. The number of hydrogen-bond donors (Lipinski definition) is 1. The number of nitrogens with two attached hydrogens (primary N) is 1. The average molecular weight is 187 g/mol. The third kappa shape index (κ3) is 11.6. The van der Waals surface area contributed by atoms with Gasteiger partial charge in [0.1, 0.15) is 0 Å². The van der Waals surface area contributed by atoms with E-state index in [9.17, 15) is 0 Å². The van der Waals surface area contributed by atoms with Crippen molar-refractivity contribution in [2.75, 3.05) is 26.4 Å². The molecule has 0 atom stereocenters. The minimum Gasteiger partial charge on any atom is -0.375 e. The fourth-order valence-corrected chi connectivity index (χ4v) is 0.722. The molecule has 3 nitrogen and oxygen atoms in total. The third-order valence-electron chi connectivity index (χ3n) is 1.28. The molecule has 0 rings (SSSR count). The minimum absolute atomic E-state index is 0.0730. The highest BCUT2D eigenvalue weighted by Crippen LogP contribution is 2.05. The van der Waals surface area contributed by atoms with Crippen molar-refractivity contribution in [3.63, 3.8) is 0 Å². The summed E-state index contributed by atoms with van der Waals surface area (Å²) >= 11 is 0. The maximum Gasteiger partial charge on any atom is 0.0707 e. The van der Waals surface area contributed by atoms with Crippen LogP contribution in [0, 0.1) is 0 Å². The van der Waals surface area contributed by atoms with Gasteiger partial charge in [-0.3, -0.25) is 0 Å². The lowest BCUT2D eigenvalue weighted by molar-refractivity contribution is -0.0312. The summed E-state index contributed by atoms with van der Waals surface area (Å²) in [5, 5.41) is 0. The van der Waals surface area contributed by atoms with Crippen LogP contribution in [0.2, 0.25) is 0 Å². The molecule has 0 aliphatic rings. The van der Waals surface area contributed by atoms with Crippen LogP contribution in [0.15, 0.2) is 12.2 Å². The summed E-state index contributed by atoms with van der Waals surface area (Å²) in [7, 11) is 0. The van der Waals surface area contributed by atoms with Gasteiger partial charge in [0, 0.05) is 6.54 Å². The zero-order valence-corrected chi connectivity index (χ0v) is 8.88. The van der Waals surface area contributed by atoms with Gasteiger partial charge in [0.05, 0.1) is 25.4 Å². The summed E-state index contributed by atoms with van der Waals surface area (Å²) in [6, 6.07) is 0.